The largest absolute Gasteiger partial charge is 0.268 e. The van der Waals surface area contributed by atoms with E-state index in [2.05, 4.69) is 14.9 Å². The Bertz CT molecular complexity index is 549. The number of sulfonamides is 1. The maximum atomic E-state index is 11.1. The third-order valence-electron chi connectivity index (χ3n) is 2.55. The van der Waals surface area contributed by atoms with E-state index in [1.165, 1.54) is 6.07 Å². The van der Waals surface area contributed by atoms with E-state index in [9.17, 15) is 13.2 Å². The molecular formula is C9H13N3O3S. The number of rotatable bonds is 2. The molecule has 0 spiro atoms. The minimum atomic E-state index is -3.19. The number of H-pyrrole nitrogens is 1. The Balaban J connectivity index is 2.20. The van der Waals surface area contributed by atoms with Gasteiger partial charge in [0, 0.05) is 12.1 Å². The highest BCUT2D eigenvalue weighted by atomic mass is 32.2. The molecule has 6 nitrogen and oxygen atoms in total. The van der Waals surface area contributed by atoms with Crippen molar-refractivity contribution in [1.29, 1.82) is 0 Å². The minimum absolute atomic E-state index is 0.133. The first-order valence-corrected chi connectivity index (χ1v) is 6.88. The Morgan fingerprint density at radius 2 is 2.31 bits per heavy atom. The smallest absolute Gasteiger partial charge is 0.264 e. The molecule has 1 unspecified atom stereocenters. The first-order chi connectivity index (χ1) is 7.44. The van der Waals surface area contributed by atoms with Gasteiger partial charge in [-0.2, -0.15) is 5.10 Å². The van der Waals surface area contributed by atoms with Crippen LogP contribution in [0.25, 0.3) is 0 Å². The van der Waals surface area contributed by atoms with Crippen molar-refractivity contribution in [2.45, 2.75) is 25.3 Å². The highest BCUT2D eigenvalue weighted by molar-refractivity contribution is 7.88. The van der Waals surface area contributed by atoms with Gasteiger partial charge >= 0.3 is 0 Å². The molecule has 1 aromatic rings. The number of nitrogens with zero attached hydrogens (tertiary/aromatic N) is 1. The van der Waals surface area contributed by atoms with Gasteiger partial charge < -0.3 is 0 Å². The summed E-state index contributed by atoms with van der Waals surface area (Å²) in [4.78, 5) is 11.1. The molecule has 0 fully saturated rings. The average Bonchev–Trinajstić information content (AvgIpc) is 2.14. The Labute approximate surface area is 93.1 Å². The van der Waals surface area contributed by atoms with Gasteiger partial charge in [-0.1, -0.05) is 0 Å². The van der Waals surface area contributed by atoms with Crippen LogP contribution in [0.1, 0.15) is 17.7 Å². The SMILES string of the molecule is CS(=O)(=O)NC1CCc2n[nH]c(=O)cc2C1. The van der Waals surface area contributed by atoms with E-state index in [1.807, 2.05) is 0 Å². The predicted molar refractivity (Wildman–Crippen MR) is 58.7 cm³/mol. The quantitative estimate of drug-likeness (QED) is 0.709. The molecule has 16 heavy (non-hydrogen) atoms. The van der Waals surface area contributed by atoms with Crippen molar-refractivity contribution >= 4 is 10.0 Å². The number of aromatic amines is 1. The van der Waals surface area contributed by atoms with Crippen molar-refractivity contribution < 1.29 is 8.42 Å². The predicted octanol–water partition coefficient (Wildman–Crippen LogP) is -0.824. The van der Waals surface area contributed by atoms with E-state index in [0.717, 1.165) is 17.5 Å². The summed E-state index contributed by atoms with van der Waals surface area (Å²) in [6.07, 6.45) is 3.05. The Kier molecular flexibility index (Phi) is 2.81. The summed E-state index contributed by atoms with van der Waals surface area (Å²) in [5.41, 5.74) is 1.43. The van der Waals surface area contributed by atoms with E-state index in [4.69, 9.17) is 0 Å². The van der Waals surface area contributed by atoms with Crippen LogP contribution in [0.5, 0.6) is 0 Å². The van der Waals surface area contributed by atoms with Crippen molar-refractivity contribution in [3.63, 3.8) is 0 Å². The van der Waals surface area contributed by atoms with Gasteiger partial charge in [-0.25, -0.2) is 18.2 Å². The molecule has 2 rings (SSSR count). The fourth-order valence-corrected chi connectivity index (χ4v) is 2.75. The van der Waals surface area contributed by atoms with E-state index in [-0.39, 0.29) is 11.6 Å². The van der Waals surface area contributed by atoms with Gasteiger partial charge in [0.05, 0.1) is 11.9 Å². The molecule has 7 heteroatoms. The fraction of sp³-hybridized carbons (Fsp3) is 0.556. The lowest BCUT2D eigenvalue weighted by Crippen LogP contribution is -2.38. The third-order valence-corrected chi connectivity index (χ3v) is 3.32. The van der Waals surface area contributed by atoms with Crippen LogP contribution in [-0.2, 0) is 22.9 Å². The highest BCUT2D eigenvalue weighted by Crippen LogP contribution is 2.17. The van der Waals surface area contributed by atoms with Crippen LogP contribution in [0.4, 0.5) is 0 Å². The molecule has 1 atom stereocenters. The molecule has 0 radical (unpaired) electrons. The number of aromatic nitrogens is 2. The van der Waals surface area contributed by atoms with Crippen LogP contribution in [0.15, 0.2) is 10.9 Å². The van der Waals surface area contributed by atoms with Gasteiger partial charge in [-0.3, -0.25) is 4.79 Å². The molecule has 88 valence electrons. The van der Waals surface area contributed by atoms with Crippen LogP contribution in [0.3, 0.4) is 0 Å². The Morgan fingerprint density at radius 1 is 1.56 bits per heavy atom. The molecule has 0 saturated heterocycles. The lowest BCUT2D eigenvalue weighted by Gasteiger charge is -2.23. The Morgan fingerprint density at radius 3 is 3.00 bits per heavy atom. The van der Waals surface area contributed by atoms with Crippen LogP contribution < -0.4 is 10.3 Å². The molecule has 0 aromatic carbocycles. The summed E-state index contributed by atoms with van der Waals surface area (Å²) in [5, 5.41) is 6.31. The normalized spacial score (nSPS) is 20.4. The second-order valence-electron chi connectivity index (χ2n) is 4.03. The molecule has 1 aliphatic rings. The zero-order chi connectivity index (χ0) is 11.8. The number of hydrogen-bond donors (Lipinski definition) is 2. The van der Waals surface area contributed by atoms with Gasteiger partial charge in [0.2, 0.25) is 10.0 Å². The number of aryl methyl sites for hydroxylation is 1. The molecule has 0 aliphatic heterocycles. The van der Waals surface area contributed by atoms with Crippen LogP contribution in [0.2, 0.25) is 0 Å². The minimum Gasteiger partial charge on any atom is -0.268 e. The van der Waals surface area contributed by atoms with E-state index < -0.39 is 10.0 Å². The molecular weight excluding hydrogens is 230 g/mol. The standard InChI is InChI=1S/C9H13N3O3S/c1-16(14,15)12-7-2-3-8-6(4-7)5-9(13)11-10-8/h5,7,12H,2-4H2,1H3,(H,11,13). The number of hydrogen-bond acceptors (Lipinski definition) is 4. The monoisotopic (exact) mass is 243 g/mol. The van der Waals surface area contributed by atoms with Crippen molar-refractivity contribution in [1.82, 2.24) is 14.9 Å². The maximum Gasteiger partial charge on any atom is 0.264 e. The third kappa shape index (κ3) is 2.67. The van der Waals surface area contributed by atoms with E-state index in [0.29, 0.717) is 19.3 Å². The van der Waals surface area contributed by atoms with Crippen molar-refractivity contribution in [3.05, 3.63) is 27.7 Å². The molecule has 0 saturated carbocycles. The van der Waals surface area contributed by atoms with Crippen LogP contribution in [-0.4, -0.2) is 30.9 Å². The average molecular weight is 243 g/mol. The lowest BCUT2D eigenvalue weighted by molar-refractivity contribution is 0.502. The zero-order valence-electron chi connectivity index (χ0n) is 8.86. The van der Waals surface area contributed by atoms with Gasteiger partial charge in [0.25, 0.3) is 5.56 Å². The molecule has 2 N–H and O–H groups in total. The summed E-state index contributed by atoms with van der Waals surface area (Å²) in [5.74, 6) is 0. The first kappa shape index (κ1) is 11.3. The molecule has 1 aromatic heterocycles. The first-order valence-electron chi connectivity index (χ1n) is 4.99. The summed E-state index contributed by atoms with van der Waals surface area (Å²) < 4.78 is 24.7. The van der Waals surface area contributed by atoms with Crippen LogP contribution >= 0.6 is 0 Å². The van der Waals surface area contributed by atoms with E-state index in [1.54, 1.807) is 0 Å². The van der Waals surface area contributed by atoms with Crippen LogP contribution in [0, 0.1) is 0 Å². The summed E-state index contributed by atoms with van der Waals surface area (Å²) in [6, 6.07) is 1.35. The molecule has 1 heterocycles. The highest BCUT2D eigenvalue weighted by Gasteiger charge is 2.22. The van der Waals surface area contributed by atoms with E-state index >= 15 is 0 Å². The molecule has 0 amide bonds. The summed E-state index contributed by atoms with van der Waals surface area (Å²) >= 11 is 0. The maximum absolute atomic E-state index is 11.1. The second kappa shape index (κ2) is 3.99. The van der Waals surface area contributed by atoms with Crippen molar-refractivity contribution in [2.24, 2.45) is 0 Å². The number of nitrogens with one attached hydrogen (secondary N) is 2. The number of fused-ring (bicyclic) bond motifs is 1. The zero-order valence-corrected chi connectivity index (χ0v) is 9.67. The van der Waals surface area contributed by atoms with Gasteiger partial charge in [0.1, 0.15) is 0 Å². The van der Waals surface area contributed by atoms with Gasteiger partial charge in [-0.15, -0.1) is 0 Å². The summed E-state index contributed by atoms with van der Waals surface area (Å²) in [7, 11) is -3.19. The fourth-order valence-electron chi connectivity index (χ4n) is 1.94. The summed E-state index contributed by atoms with van der Waals surface area (Å²) in [6.45, 7) is 0. The Hall–Kier alpha value is -1.21. The topological polar surface area (TPSA) is 91.9 Å². The van der Waals surface area contributed by atoms with Gasteiger partial charge in [-0.05, 0) is 24.8 Å². The van der Waals surface area contributed by atoms with Gasteiger partial charge in [0.15, 0.2) is 0 Å². The second-order valence-corrected chi connectivity index (χ2v) is 5.81. The molecule has 1 aliphatic carbocycles. The van der Waals surface area contributed by atoms with Crippen molar-refractivity contribution in [2.75, 3.05) is 6.26 Å². The molecule has 0 bridgehead atoms. The lowest BCUT2D eigenvalue weighted by atomic mass is 9.93. The van der Waals surface area contributed by atoms with Crippen molar-refractivity contribution in [3.8, 4) is 0 Å².